The van der Waals surface area contributed by atoms with E-state index in [9.17, 15) is 9.59 Å². The highest BCUT2D eigenvalue weighted by molar-refractivity contribution is 6.01. The zero-order valence-electron chi connectivity index (χ0n) is 10.7. The van der Waals surface area contributed by atoms with Crippen LogP contribution in [0.1, 0.15) is 70.6 Å². The fourth-order valence-corrected chi connectivity index (χ4v) is 3.31. The summed E-state index contributed by atoms with van der Waals surface area (Å²) in [5.41, 5.74) is 0. The predicted molar refractivity (Wildman–Crippen MR) is 67.8 cm³/mol. The van der Waals surface area contributed by atoms with Crippen LogP contribution >= 0.6 is 0 Å². The molecule has 0 N–H and O–H groups in total. The first-order valence-electron chi connectivity index (χ1n) is 7.33. The lowest BCUT2D eigenvalue weighted by molar-refractivity contribution is -0.132. The topological polar surface area (TPSA) is 34.1 Å². The molecule has 0 radical (unpaired) electrons. The van der Waals surface area contributed by atoms with E-state index in [0.29, 0.717) is 0 Å². The van der Waals surface area contributed by atoms with E-state index in [1.54, 1.807) is 0 Å². The second-order valence-electron chi connectivity index (χ2n) is 5.78. The van der Waals surface area contributed by atoms with Crippen LogP contribution in [0.4, 0.5) is 0 Å². The maximum absolute atomic E-state index is 12.0. The zero-order chi connectivity index (χ0) is 12.1. The Hall–Kier alpha value is -0.660. The minimum absolute atomic E-state index is 0.205. The van der Waals surface area contributed by atoms with Crippen LogP contribution < -0.4 is 0 Å². The summed E-state index contributed by atoms with van der Waals surface area (Å²) in [5, 5.41) is 0. The van der Waals surface area contributed by atoms with E-state index >= 15 is 0 Å². The van der Waals surface area contributed by atoms with Crippen LogP contribution in [0.2, 0.25) is 0 Å². The molecule has 0 aromatic rings. The molecule has 2 rings (SSSR count). The third kappa shape index (κ3) is 3.65. The Bertz CT molecular complexity index is 243. The van der Waals surface area contributed by atoms with E-state index in [2.05, 4.69) is 0 Å². The Morgan fingerprint density at radius 2 is 1.00 bits per heavy atom. The van der Waals surface area contributed by atoms with Crippen LogP contribution in [0.15, 0.2) is 0 Å². The number of hydrogen-bond donors (Lipinski definition) is 0. The van der Waals surface area contributed by atoms with Gasteiger partial charge >= 0.3 is 0 Å². The van der Waals surface area contributed by atoms with Crippen LogP contribution in [0.3, 0.4) is 0 Å². The average molecular weight is 236 g/mol. The van der Waals surface area contributed by atoms with Gasteiger partial charge in [-0.3, -0.25) is 9.59 Å². The lowest BCUT2D eigenvalue weighted by atomic mass is 9.80. The van der Waals surface area contributed by atoms with Gasteiger partial charge in [-0.05, 0) is 25.7 Å². The molecule has 2 aliphatic carbocycles. The monoisotopic (exact) mass is 236 g/mol. The van der Waals surface area contributed by atoms with Crippen molar-refractivity contribution < 1.29 is 9.59 Å². The summed E-state index contributed by atoms with van der Waals surface area (Å²) in [5.74, 6) is 0.883. The third-order valence-electron chi connectivity index (χ3n) is 4.47. The van der Waals surface area contributed by atoms with E-state index in [1.165, 1.54) is 38.5 Å². The van der Waals surface area contributed by atoms with E-state index in [-0.39, 0.29) is 29.8 Å². The van der Waals surface area contributed by atoms with E-state index in [4.69, 9.17) is 0 Å². The summed E-state index contributed by atoms with van der Waals surface area (Å²) < 4.78 is 0. The molecule has 2 aliphatic rings. The van der Waals surface area contributed by atoms with Crippen molar-refractivity contribution in [1.29, 1.82) is 0 Å². The SMILES string of the molecule is O=C(CC(=O)C1CCCCC1)C1CCCCC1. The largest absolute Gasteiger partial charge is 0.299 e. The maximum atomic E-state index is 12.0. The number of Topliss-reactive ketones (excluding diaryl/α,β-unsaturated/α-hetero) is 2. The van der Waals surface area contributed by atoms with Crippen LogP contribution in [0.25, 0.3) is 0 Å². The fraction of sp³-hybridized carbons (Fsp3) is 0.867. The zero-order valence-corrected chi connectivity index (χ0v) is 10.7. The normalized spacial score (nSPS) is 23.5. The summed E-state index contributed by atoms with van der Waals surface area (Å²) >= 11 is 0. The summed E-state index contributed by atoms with van der Waals surface area (Å²) in [7, 11) is 0. The smallest absolute Gasteiger partial charge is 0.143 e. The van der Waals surface area contributed by atoms with Crippen LogP contribution in [0, 0.1) is 11.8 Å². The second-order valence-corrected chi connectivity index (χ2v) is 5.78. The predicted octanol–water partition coefficient (Wildman–Crippen LogP) is 3.68. The highest BCUT2D eigenvalue weighted by Gasteiger charge is 2.27. The second kappa shape index (κ2) is 6.32. The van der Waals surface area contributed by atoms with Crippen LogP contribution in [-0.4, -0.2) is 11.6 Å². The van der Waals surface area contributed by atoms with Crippen LogP contribution in [0.5, 0.6) is 0 Å². The summed E-state index contributed by atoms with van der Waals surface area (Å²) in [4.78, 5) is 24.1. The minimum Gasteiger partial charge on any atom is -0.299 e. The number of rotatable bonds is 4. The molecule has 2 fully saturated rings. The van der Waals surface area contributed by atoms with Crippen molar-refractivity contribution in [3.8, 4) is 0 Å². The maximum Gasteiger partial charge on any atom is 0.143 e. The first-order valence-corrected chi connectivity index (χ1v) is 7.33. The Labute approximate surface area is 104 Å². The summed E-state index contributed by atoms with van der Waals surface area (Å²) in [6.07, 6.45) is 11.6. The molecule has 0 atom stereocenters. The van der Waals surface area contributed by atoms with Gasteiger partial charge in [-0.1, -0.05) is 38.5 Å². The van der Waals surface area contributed by atoms with Gasteiger partial charge in [-0.2, -0.15) is 0 Å². The van der Waals surface area contributed by atoms with E-state index < -0.39 is 0 Å². The van der Waals surface area contributed by atoms with Crippen molar-refractivity contribution in [2.24, 2.45) is 11.8 Å². The number of carbonyl (C=O) groups excluding carboxylic acids is 2. The van der Waals surface area contributed by atoms with Gasteiger partial charge in [0.1, 0.15) is 11.6 Å². The van der Waals surface area contributed by atoms with Crippen LogP contribution in [-0.2, 0) is 9.59 Å². The van der Waals surface area contributed by atoms with Gasteiger partial charge in [-0.25, -0.2) is 0 Å². The molecule has 0 bridgehead atoms. The standard InChI is InChI=1S/C15H24O2/c16-14(12-7-3-1-4-8-12)11-15(17)13-9-5-2-6-10-13/h12-13H,1-11H2. The van der Waals surface area contributed by atoms with Crippen molar-refractivity contribution in [1.82, 2.24) is 0 Å². The highest BCUT2D eigenvalue weighted by atomic mass is 16.1. The number of hydrogen-bond acceptors (Lipinski definition) is 2. The molecule has 96 valence electrons. The Balaban J connectivity index is 1.78. The van der Waals surface area contributed by atoms with E-state index in [1.807, 2.05) is 0 Å². The summed E-state index contributed by atoms with van der Waals surface area (Å²) in [6, 6.07) is 0. The lowest BCUT2D eigenvalue weighted by Gasteiger charge is -2.23. The Morgan fingerprint density at radius 3 is 1.35 bits per heavy atom. The van der Waals surface area contributed by atoms with Crippen molar-refractivity contribution in [3.05, 3.63) is 0 Å². The molecular weight excluding hydrogens is 212 g/mol. The van der Waals surface area contributed by atoms with Crippen molar-refractivity contribution >= 4 is 11.6 Å². The van der Waals surface area contributed by atoms with Gasteiger partial charge in [0.05, 0.1) is 6.42 Å². The van der Waals surface area contributed by atoms with Gasteiger partial charge in [-0.15, -0.1) is 0 Å². The van der Waals surface area contributed by atoms with Gasteiger partial charge in [0, 0.05) is 11.8 Å². The molecule has 0 aliphatic heterocycles. The highest BCUT2D eigenvalue weighted by Crippen LogP contribution is 2.28. The van der Waals surface area contributed by atoms with Crippen molar-refractivity contribution in [2.75, 3.05) is 0 Å². The van der Waals surface area contributed by atoms with Crippen molar-refractivity contribution in [3.63, 3.8) is 0 Å². The van der Waals surface area contributed by atoms with Gasteiger partial charge in [0.2, 0.25) is 0 Å². The average Bonchev–Trinajstić information content (AvgIpc) is 2.40. The number of carbonyl (C=O) groups is 2. The molecule has 0 amide bonds. The fourth-order valence-electron chi connectivity index (χ4n) is 3.31. The van der Waals surface area contributed by atoms with Gasteiger partial charge < -0.3 is 0 Å². The first-order chi connectivity index (χ1) is 8.27. The third-order valence-corrected chi connectivity index (χ3v) is 4.47. The molecule has 0 spiro atoms. The van der Waals surface area contributed by atoms with Gasteiger partial charge in [0.25, 0.3) is 0 Å². The molecule has 2 heteroatoms. The van der Waals surface area contributed by atoms with Crippen molar-refractivity contribution in [2.45, 2.75) is 70.6 Å². The molecule has 0 saturated heterocycles. The molecule has 2 nitrogen and oxygen atoms in total. The molecule has 0 aromatic heterocycles. The molecule has 2 saturated carbocycles. The van der Waals surface area contributed by atoms with Gasteiger partial charge in [0.15, 0.2) is 0 Å². The van der Waals surface area contributed by atoms with E-state index in [0.717, 1.165) is 25.7 Å². The molecule has 17 heavy (non-hydrogen) atoms. The molecule has 0 aromatic carbocycles. The first kappa shape index (κ1) is 12.8. The Kier molecular flexibility index (Phi) is 4.75. The minimum atomic E-state index is 0.205. The Morgan fingerprint density at radius 1 is 0.647 bits per heavy atom. The lowest BCUT2D eigenvalue weighted by Crippen LogP contribution is -2.25. The quantitative estimate of drug-likeness (QED) is 0.698. The molecule has 0 unspecified atom stereocenters. The summed E-state index contributed by atoms with van der Waals surface area (Å²) in [6.45, 7) is 0. The molecule has 0 heterocycles. The molecular formula is C15H24O2. The number of ketones is 2.